The van der Waals surface area contributed by atoms with Gasteiger partial charge < -0.3 is 10.2 Å². The van der Waals surface area contributed by atoms with Gasteiger partial charge in [-0.15, -0.1) is 0 Å². The van der Waals surface area contributed by atoms with Gasteiger partial charge in [-0.05, 0) is 37.7 Å². The van der Waals surface area contributed by atoms with Gasteiger partial charge in [0.2, 0.25) is 0 Å². The minimum absolute atomic E-state index is 0.695. The van der Waals surface area contributed by atoms with E-state index in [1.807, 2.05) is 12.4 Å². The molecule has 110 valence electrons. The van der Waals surface area contributed by atoms with Crippen molar-refractivity contribution in [2.45, 2.75) is 64.1 Å². The molecule has 20 heavy (non-hydrogen) atoms. The van der Waals surface area contributed by atoms with Gasteiger partial charge in [0, 0.05) is 49.3 Å². The highest BCUT2D eigenvalue weighted by Gasteiger charge is 2.25. The van der Waals surface area contributed by atoms with Crippen LogP contribution in [-0.4, -0.2) is 24.1 Å². The molecule has 2 unspecified atom stereocenters. The second kappa shape index (κ2) is 6.13. The van der Waals surface area contributed by atoms with Crippen molar-refractivity contribution in [3.63, 3.8) is 0 Å². The van der Waals surface area contributed by atoms with Crippen molar-refractivity contribution in [3.05, 3.63) is 24.0 Å². The Bertz CT molecular complexity index is 442. The molecular weight excluding hydrogens is 246 g/mol. The zero-order valence-electron chi connectivity index (χ0n) is 12.8. The summed E-state index contributed by atoms with van der Waals surface area (Å²) in [6.45, 7) is 3.35. The van der Waals surface area contributed by atoms with E-state index in [-0.39, 0.29) is 0 Å². The predicted octanol–water partition coefficient (Wildman–Crippen LogP) is 3.35. The van der Waals surface area contributed by atoms with Gasteiger partial charge in [0.15, 0.2) is 0 Å². The first-order chi connectivity index (χ1) is 9.74. The maximum absolute atomic E-state index is 4.32. The zero-order chi connectivity index (χ0) is 13.9. The number of hydrogen-bond donors (Lipinski definition) is 1. The summed E-state index contributed by atoms with van der Waals surface area (Å²) >= 11 is 0. The van der Waals surface area contributed by atoms with Crippen LogP contribution in [0.1, 0.15) is 51.0 Å². The predicted molar refractivity (Wildman–Crippen MR) is 83.9 cm³/mol. The van der Waals surface area contributed by atoms with Crippen LogP contribution < -0.4 is 10.2 Å². The van der Waals surface area contributed by atoms with Gasteiger partial charge in [-0.1, -0.05) is 19.8 Å². The average Bonchev–Trinajstić information content (AvgIpc) is 3.29. The summed E-state index contributed by atoms with van der Waals surface area (Å²) in [5.74, 6) is 0.867. The quantitative estimate of drug-likeness (QED) is 0.891. The second-order valence-corrected chi connectivity index (χ2v) is 6.70. The number of anilines is 1. The van der Waals surface area contributed by atoms with Gasteiger partial charge >= 0.3 is 0 Å². The molecule has 1 heterocycles. The van der Waals surface area contributed by atoms with Gasteiger partial charge in [0.1, 0.15) is 0 Å². The van der Waals surface area contributed by atoms with Gasteiger partial charge in [0.05, 0.1) is 0 Å². The lowest BCUT2D eigenvalue weighted by atomic mass is 9.86. The Morgan fingerprint density at radius 2 is 2.15 bits per heavy atom. The molecule has 3 rings (SSSR count). The fraction of sp³-hybridized carbons (Fsp3) is 0.706. The SMILES string of the molecule is CC1CCCC(N(C)c2ccncc2CNC2CC2)C1. The van der Waals surface area contributed by atoms with Crippen LogP contribution in [-0.2, 0) is 6.54 Å². The van der Waals surface area contributed by atoms with Crippen LogP contribution in [0.15, 0.2) is 18.5 Å². The molecule has 0 aromatic carbocycles. The normalized spacial score (nSPS) is 26.5. The molecule has 0 radical (unpaired) electrons. The molecule has 0 aliphatic heterocycles. The lowest BCUT2D eigenvalue weighted by Crippen LogP contribution is -2.36. The molecule has 3 heteroatoms. The number of nitrogens with one attached hydrogen (secondary N) is 1. The van der Waals surface area contributed by atoms with Gasteiger partial charge in [-0.3, -0.25) is 4.98 Å². The lowest BCUT2D eigenvalue weighted by molar-refractivity contribution is 0.336. The average molecular weight is 273 g/mol. The van der Waals surface area contributed by atoms with E-state index in [1.165, 1.54) is 49.8 Å². The fourth-order valence-electron chi connectivity index (χ4n) is 3.39. The van der Waals surface area contributed by atoms with Gasteiger partial charge in [-0.2, -0.15) is 0 Å². The zero-order valence-corrected chi connectivity index (χ0v) is 12.8. The summed E-state index contributed by atoms with van der Waals surface area (Å²) in [5, 5.41) is 3.61. The molecule has 2 aliphatic carbocycles. The van der Waals surface area contributed by atoms with E-state index in [0.29, 0.717) is 6.04 Å². The minimum Gasteiger partial charge on any atom is -0.371 e. The Morgan fingerprint density at radius 3 is 2.90 bits per heavy atom. The van der Waals surface area contributed by atoms with Crippen LogP contribution in [0.25, 0.3) is 0 Å². The maximum Gasteiger partial charge on any atom is 0.0442 e. The van der Waals surface area contributed by atoms with E-state index < -0.39 is 0 Å². The fourth-order valence-corrected chi connectivity index (χ4v) is 3.39. The van der Waals surface area contributed by atoms with Gasteiger partial charge in [-0.25, -0.2) is 0 Å². The molecule has 0 bridgehead atoms. The molecule has 0 amide bonds. The van der Waals surface area contributed by atoms with Crippen molar-refractivity contribution in [2.24, 2.45) is 5.92 Å². The van der Waals surface area contributed by atoms with Crippen molar-refractivity contribution in [1.82, 2.24) is 10.3 Å². The molecule has 0 spiro atoms. The topological polar surface area (TPSA) is 28.2 Å². The van der Waals surface area contributed by atoms with Crippen LogP contribution in [0.5, 0.6) is 0 Å². The molecule has 1 aromatic rings. The second-order valence-electron chi connectivity index (χ2n) is 6.70. The Hall–Kier alpha value is -1.09. The van der Waals surface area contributed by atoms with Crippen LogP contribution in [0.2, 0.25) is 0 Å². The van der Waals surface area contributed by atoms with E-state index in [0.717, 1.165) is 18.5 Å². The summed E-state index contributed by atoms with van der Waals surface area (Å²) in [5.41, 5.74) is 2.72. The lowest BCUT2D eigenvalue weighted by Gasteiger charge is -2.36. The van der Waals surface area contributed by atoms with Crippen LogP contribution in [0.4, 0.5) is 5.69 Å². The third-order valence-electron chi connectivity index (χ3n) is 4.87. The molecule has 2 saturated carbocycles. The van der Waals surface area contributed by atoms with Crippen molar-refractivity contribution in [1.29, 1.82) is 0 Å². The molecule has 2 fully saturated rings. The Balaban J connectivity index is 1.70. The number of rotatable bonds is 5. The molecule has 3 nitrogen and oxygen atoms in total. The van der Waals surface area contributed by atoms with Crippen LogP contribution in [0.3, 0.4) is 0 Å². The van der Waals surface area contributed by atoms with E-state index in [4.69, 9.17) is 0 Å². The van der Waals surface area contributed by atoms with Gasteiger partial charge in [0.25, 0.3) is 0 Å². The summed E-state index contributed by atoms with van der Waals surface area (Å²) < 4.78 is 0. The first kappa shape index (κ1) is 13.9. The van der Waals surface area contributed by atoms with E-state index in [1.54, 1.807) is 0 Å². The highest BCUT2D eigenvalue weighted by Crippen LogP contribution is 2.31. The van der Waals surface area contributed by atoms with Crippen LogP contribution >= 0.6 is 0 Å². The molecule has 2 atom stereocenters. The standard InChI is InChI=1S/C17H27N3/c1-13-4-3-5-16(10-13)20(2)17-8-9-18-11-14(17)12-19-15-6-7-15/h8-9,11,13,15-16,19H,3-7,10,12H2,1-2H3. The smallest absolute Gasteiger partial charge is 0.0442 e. The van der Waals surface area contributed by atoms with Crippen LogP contribution in [0, 0.1) is 5.92 Å². The van der Waals surface area contributed by atoms with E-state index in [9.17, 15) is 0 Å². The van der Waals surface area contributed by atoms with E-state index >= 15 is 0 Å². The van der Waals surface area contributed by atoms with Crippen molar-refractivity contribution in [2.75, 3.05) is 11.9 Å². The minimum atomic E-state index is 0.695. The summed E-state index contributed by atoms with van der Waals surface area (Å²) in [6.07, 6.45) is 12.1. The number of hydrogen-bond acceptors (Lipinski definition) is 3. The Kier molecular flexibility index (Phi) is 4.25. The summed E-state index contributed by atoms with van der Waals surface area (Å²) in [4.78, 5) is 6.82. The number of pyridine rings is 1. The molecule has 1 aromatic heterocycles. The Morgan fingerprint density at radius 1 is 1.30 bits per heavy atom. The highest BCUT2D eigenvalue weighted by atomic mass is 15.1. The number of nitrogens with zero attached hydrogens (tertiary/aromatic N) is 2. The summed E-state index contributed by atoms with van der Waals surface area (Å²) in [6, 6.07) is 3.63. The first-order valence-electron chi connectivity index (χ1n) is 8.13. The molecule has 1 N–H and O–H groups in total. The van der Waals surface area contributed by atoms with Crippen molar-refractivity contribution >= 4 is 5.69 Å². The number of aromatic nitrogens is 1. The largest absolute Gasteiger partial charge is 0.371 e. The monoisotopic (exact) mass is 273 g/mol. The molecular formula is C17H27N3. The highest BCUT2D eigenvalue weighted by molar-refractivity contribution is 5.52. The Labute approximate surface area is 122 Å². The van der Waals surface area contributed by atoms with E-state index in [2.05, 4.69) is 35.2 Å². The van der Waals surface area contributed by atoms with Crippen molar-refractivity contribution < 1.29 is 0 Å². The molecule has 0 saturated heterocycles. The maximum atomic E-state index is 4.32. The third kappa shape index (κ3) is 3.32. The molecule has 2 aliphatic rings. The van der Waals surface area contributed by atoms with Crippen molar-refractivity contribution in [3.8, 4) is 0 Å². The summed E-state index contributed by atoms with van der Waals surface area (Å²) in [7, 11) is 2.26. The first-order valence-corrected chi connectivity index (χ1v) is 8.13. The third-order valence-corrected chi connectivity index (χ3v) is 4.87.